The monoisotopic (exact) mass is 284 g/mol. The quantitative estimate of drug-likeness (QED) is 0.794. The molecule has 1 aliphatic rings. The lowest BCUT2D eigenvalue weighted by molar-refractivity contribution is -0.153. The number of halogens is 2. The Morgan fingerprint density at radius 3 is 2.45 bits per heavy atom. The van der Waals surface area contributed by atoms with Crippen LogP contribution < -0.4 is 10.6 Å². The molecule has 1 aromatic carbocycles. The molecule has 108 valence electrons. The highest BCUT2D eigenvalue weighted by Gasteiger charge is 2.44. The van der Waals surface area contributed by atoms with Gasteiger partial charge in [-0.15, -0.1) is 0 Å². The van der Waals surface area contributed by atoms with E-state index < -0.39 is 29.0 Å². The van der Waals surface area contributed by atoms with E-state index in [1.807, 2.05) is 0 Å². The van der Waals surface area contributed by atoms with Gasteiger partial charge in [-0.2, -0.15) is 0 Å². The lowest BCUT2D eigenvalue weighted by atomic mass is 9.69. The van der Waals surface area contributed by atoms with Gasteiger partial charge in [0, 0.05) is 18.3 Å². The second-order valence-corrected chi connectivity index (χ2v) is 4.88. The largest absolute Gasteiger partial charge is 0.481 e. The van der Waals surface area contributed by atoms with Crippen molar-refractivity contribution in [3.8, 4) is 0 Å². The molecule has 0 heterocycles. The van der Waals surface area contributed by atoms with Crippen LogP contribution in [0.15, 0.2) is 18.2 Å². The number of rotatable bonds is 4. The van der Waals surface area contributed by atoms with Crippen LogP contribution in [0.25, 0.3) is 0 Å². The lowest BCUT2D eigenvalue weighted by Crippen LogP contribution is -2.48. The molecule has 7 heteroatoms. The summed E-state index contributed by atoms with van der Waals surface area (Å²) >= 11 is 0. The van der Waals surface area contributed by atoms with Crippen molar-refractivity contribution in [3.05, 3.63) is 29.8 Å². The van der Waals surface area contributed by atoms with Crippen molar-refractivity contribution in [1.29, 1.82) is 0 Å². The van der Waals surface area contributed by atoms with Gasteiger partial charge in [0.2, 0.25) is 0 Å². The molecular weight excluding hydrogens is 270 g/mol. The Bertz CT molecular complexity index is 544. The first-order valence-electron chi connectivity index (χ1n) is 6.16. The third-order valence-corrected chi connectivity index (χ3v) is 3.53. The van der Waals surface area contributed by atoms with E-state index in [2.05, 4.69) is 10.6 Å². The zero-order valence-corrected chi connectivity index (χ0v) is 10.6. The molecule has 5 nitrogen and oxygen atoms in total. The average molecular weight is 284 g/mol. The van der Waals surface area contributed by atoms with E-state index in [1.165, 1.54) is 6.07 Å². The molecular formula is C13H14F2N2O3. The van der Waals surface area contributed by atoms with Crippen molar-refractivity contribution >= 4 is 17.7 Å². The minimum atomic E-state index is -1.07. The molecule has 0 unspecified atom stereocenters. The third-order valence-electron chi connectivity index (χ3n) is 3.53. The lowest BCUT2D eigenvalue weighted by Gasteiger charge is -2.37. The van der Waals surface area contributed by atoms with E-state index in [0.29, 0.717) is 12.8 Å². The standard InChI is InChI=1S/C13H14F2N2O3/c14-9-3-2-8(6-10(9)15)17-12(20)16-7-13(11(18)19)4-1-5-13/h2-3,6H,1,4-5,7H2,(H,18,19)(H2,16,17,20). The van der Waals surface area contributed by atoms with Gasteiger partial charge in [0.1, 0.15) is 0 Å². The predicted octanol–water partition coefficient (Wildman–Crippen LogP) is 2.34. The summed E-state index contributed by atoms with van der Waals surface area (Å²) in [5.74, 6) is -3.00. The summed E-state index contributed by atoms with van der Waals surface area (Å²) in [4.78, 5) is 22.7. The fourth-order valence-corrected chi connectivity index (χ4v) is 2.07. The number of nitrogens with one attached hydrogen (secondary N) is 2. The van der Waals surface area contributed by atoms with Crippen LogP contribution in [-0.2, 0) is 4.79 Å². The SMILES string of the molecule is O=C(NCC1(C(=O)O)CCC1)Nc1ccc(F)c(F)c1. The van der Waals surface area contributed by atoms with Crippen LogP contribution >= 0.6 is 0 Å². The minimum Gasteiger partial charge on any atom is -0.481 e. The van der Waals surface area contributed by atoms with Gasteiger partial charge in [-0.3, -0.25) is 4.79 Å². The zero-order chi connectivity index (χ0) is 14.8. The molecule has 0 aliphatic heterocycles. The van der Waals surface area contributed by atoms with Gasteiger partial charge in [0.05, 0.1) is 5.41 Å². The molecule has 0 saturated heterocycles. The molecule has 1 aromatic rings. The Labute approximate surface area is 114 Å². The predicted molar refractivity (Wildman–Crippen MR) is 67.3 cm³/mol. The van der Waals surface area contributed by atoms with Crippen molar-refractivity contribution < 1.29 is 23.5 Å². The Morgan fingerprint density at radius 1 is 1.25 bits per heavy atom. The number of carbonyl (C=O) groups is 2. The number of carboxylic acid groups (broad SMARTS) is 1. The van der Waals surface area contributed by atoms with Crippen LogP contribution in [0.1, 0.15) is 19.3 Å². The van der Waals surface area contributed by atoms with Gasteiger partial charge in [-0.05, 0) is 25.0 Å². The van der Waals surface area contributed by atoms with Crippen molar-refractivity contribution in [2.75, 3.05) is 11.9 Å². The summed E-state index contributed by atoms with van der Waals surface area (Å²) in [6, 6.07) is 2.32. The van der Waals surface area contributed by atoms with E-state index in [0.717, 1.165) is 18.6 Å². The van der Waals surface area contributed by atoms with Crippen molar-refractivity contribution in [1.82, 2.24) is 5.32 Å². The second kappa shape index (κ2) is 5.44. The van der Waals surface area contributed by atoms with Crippen molar-refractivity contribution in [2.24, 2.45) is 5.41 Å². The van der Waals surface area contributed by atoms with Crippen LogP contribution in [0.4, 0.5) is 19.3 Å². The summed E-state index contributed by atoms with van der Waals surface area (Å²) in [6.07, 6.45) is 1.86. The number of hydrogen-bond donors (Lipinski definition) is 3. The molecule has 1 aliphatic carbocycles. The highest BCUT2D eigenvalue weighted by atomic mass is 19.2. The molecule has 2 amide bonds. The fourth-order valence-electron chi connectivity index (χ4n) is 2.07. The molecule has 0 atom stereocenters. The number of aliphatic carboxylic acids is 1. The van der Waals surface area contributed by atoms with E-state index in [-0.39, 0.29) is 12.2 Å². The fraction of sp³-hybridized carbons (Fsp3) is 0.385. The minimum absolute atomic E-state index is 0.0117. The van der Waals surface area contributed by atoms with Gasteiger partial charge < -0.3 is 15.7 Å². The van der Waals surface area contributed by atoms with Gasteiger partial charge in [-0.25, -0.2) is 13.6 Å². The smallest absolute Gasteiger partial charge is 0.319 e. The molecule has 1 saturated carbocycles. The maximum Gasteiger partial charge on any atom is 0.319 e. The Morgan fingerprint density at radius 2 is 1.95 bits per heavy atom. The van der Waals surface area contributed by atoms with Crippen LogP contribution in [0.2, 0.25) is 0 Å². The maximum absolute atomic E-state index is 12.9. The summed E-state index contributed by atoms with van der Waals surface area (Å²) in [5, 5.41) is 13.9. The van der Waals surface area contributed by atoms with Gasteiger partial charge in [0.15, 0.2) is 11.6 Å². The first kappa shape index (κ1) is 14.2. The summed E-state index contributed by atoms with van der Waals surface area (Å²) in [7, 11) is 0. The molecule has 0 aromatic heterocycles. The number of benzene rings is 1. The molecule has 0 radical (unpaired) electrons. The first-order chi connectivity index (χ1) is 9.43. The maximum atomic E-state index is 12.9. The Hall–Kier alpha value is -2.18. The summed E-state index contributed by atoms with van der Waals surface area (Å²) in [6.45, 7) is 0.0117. The molecule has 3 N–H and O–H groups in total. The van der Waals surface area contributed by atoms with E-state index >= 15 is 0 Å². The normalized spacial score (nSPS) is 16.1. The Balaban J connectivity index is 1.89. The van der Waals surface area contributed by atoms with E-state index in [9.17, 15) is 18.4 Å². The number of urea groups is 1. The average Bonchev–Trinajstić information content (AvgIpc) is 2.32. The van der Waals surface area contributed by atoms with Gasteiger partial charge in [0.25, 0.3) is 0 Å². The number of amides is 2. The summed E-state index contributed by atoms with van der Waals surface area (Å²) < 4.78 is 25.7. The van der Waals surface area contributed by atoms with Gasteiger partial charge in [-0.1, -0.05) is 6.42 Å². The van der Waals surface area contributed by atoms with Crippen molar-refractivity contribution in [2.45, 2.75) is 19.3 Å². The zero-order valence-electron chi connectivity index (χ0n) is 10.6. The molecule has 0 bridgehead atoms. The number of hydrogen-bond acceptors (Lipinski definition) is 2. The van der Waals surface area contributed by atoms with Crippen LogP contribution in [0.3, 0.4) is 0 Å². The molecule has 1 fully saturated rings. The Kier molecular flexibility index (Phi) is 3.87. The highest BCUT2D eigenvalue weighted by Crippen LogP contribution is 2.40. The van der Waals surface area contributed by atoms with Crippen molar-refractivity contribution in [3.63, 3.8) is 0 Å². The van der Waals surface area contributed by atoms with Crippen LogP contribution in [-0.4, -0.2) is 23.7 Å². The topological polar surface area (TPSA) is 78.4 Å². The second-order valence-electron chi connectivity index (χ2n) is 4.88. The van der Waals surface area contributed by atoms with Crippen LogP contribution in [0.5, 0.6) is 0 Å². The van der Waals surface area contributed by atoms with Crippen LogP contribution in [0, 0.1) is 17.0 Å². The molecule has 20 heavy (non-hydrogen) atoms. The summed E-state index contributed by atoms with van der Waals surface area (Å²) in [5.41, 5.74) is -0.801. The first-order valence-corrected chi connectivity index (χ1v) is 6.16. The van der Waals surface area contributed by atoms with Gasteiger partial charge >= 0.3 is 12.0 Å². The third kappa shape index (κ3) is 2.87. The highest BCUT2D eigenvalue weighted by molar-refractivity contribution is 5.89. The molecule has 0 spiro atoms. The van der Waals surface area contributed by atoms with E-state index in [1.54, 1.807) is 0 Å². The number of carbonyl (C=O) groups excluding carboxylic acids is 1. The molecule has 2 rings (SSSR count). The number of carboxylic acids is 1. The van der Waals surface area contributed by atoms with E-state index in [4.69, 9.17) is 5.11 Å². The number of anilines is 1.